The van der Waals surface area contributed by atoms with Gasteiger partial charge in [-0.15, -0.1) is 0 Å². The summed E-state index contributed by atoms with van der Waals surface area (Å²) >= 11 is 0. The Kier molecular flexibility index (Phi) is 4.84. The maximum absolute atomic E-state index is 12.5. The van der Waals surface area contributed by atoms with Gasteiger partial charge < -0.3 is 9.73 Å². The van der Waals surface area contributed by atoms with Crippen LogP contribution in [0.1, 0.15) is 24.0 Å². The third-order valence-electron chi connectivity index (χ3n) is 4.84. The number of hydrazine groups is 1. The maximum atomic E-state index is 12.5. The Labute approximate surface area is 159 Å². The number of amides is 1. The van der Waals surface area contributed by atoms with Gasteiger partial charge in [0.2, 0.25) is 5.91 Å². The van der Waals surface area contributed by atoms with Crippen LogP contribution in [0.15, 0.2) is 50.4 Å². The number of furan rings is 1. The van der Waals surface area contributed by atoms with Gasteiger partial charge >= 0.3 is 0 Å². The fraction of sp³-hybridized carbons (Fsp3) is 0.316. The van der Waals surface area contributed by atoms with Crippen LogP contribution in [-0.4, -0.2) is 28.3 Å². The predicted octanol–water partition coefficient (Wildman–Crippen LogP) is 0.315. The molecule has 4 rings (SSSR count). The number of aromatic amines is 1. The van der Waals surface area contributed by atoms with E-state index in [4.69, 9.17) is 4.42 Å². The van der Waals surface area contributed by atoms with Gasteiger partial charge in [-0.2, -0.15) is 0 Å². The molecule has 1 aliphatic heterocycles. The minimum absolute atomic E-state index is 0.0797. The highest BCUT2D eigenvalue weighted by Gasteiger charge is 2.31. The number of benzene rings is 1. The Bertz CT molecular complexity index is 1130. The van der Waals surface area contributed by atoms with Crippen molar-refractivity contribution in [2.75, 3.05) is 6.54 Å². The first kappa shape index (κ1) is 18.2. The van der Waals surface area contributed by atoms with E-state index in [-0.39, 0.29) is 36.2 Å². The molecule has 1 amide bonds. The monoisotopic (exact) mass is 383 g/mol. The molecule has 9 nitrogen and oxygen atoms in total. The molecule has 28 heavy (non-hydrogen) atoms. The summed E-state index contributed by atoms with van der Waals surface area (Å²) in [4.78, 5) is 36.9. The Balaban J connectivity index is 1.36. The van der Waals surface area contributed by atoms with Crippen LogP contribution in [0.2, 0.25) is 0 Å². The molecule has 2 aromatic heterocycles. The van der Waals surface area contributed by atoms with Crippen molar-refractivity contribution in [2.24, 2.45) is 0 Å². The highest BCUT2D eigenvalue weighted by molar-refractivity contribution is 5.82. The molecule has 146 valence electrons. The Morgan fingerprint density at radius 3 is 2.71 bits per heavy atom. The van der Waals surface area contributed by atoms with E-state index >= 15 is 0 Å². The van der Waals surface area contributed by atoms with E-state index in [0.29, 0.717) is 17.2 Å². The van der Waals surface area contributed by atoms with Gasteiger partial charge in [0.1, 0.15) is 17.6 Å². The molecule has 9 heteroatoms. The number of nitrogens with one attached hydrogen (secondary N) is 4. The molecular formula is C19H21N5O4. The summed E-state index contributed by atoms with van der Waals surface area (Å²) in [6.07, 6.45) is 0.547. The second-order valence-electron chi connectivity index (χ2n) is 6.81. The molecule has 2 atom stereocenters. The summed E-state index contributed by atoms with van der Waals surface area (Å²) in [5, 5.41) is 6.05. The highest BCUT2D eigenvalue weighted by atomic mass is 16.3. The summed E-state index contributed by atoms with van der Waals surface area (Å²) in [5.41, 5.74) is 5.39. The van der Waals surface area contributed by atoms with E-state index in [9.17, 15) is 14.4 Å². The molecule has 4 N–H and O–H groups in total. The standard InChI is InChI=1S/C19H21N5O4/c1-11-6-7-16(28-11)14-10-15(22-21-14)18(26)20-8-9-24-19(27)13-5-3-2-4-12(13)17(25)23-24/h2-7,14-15,21-22H,8-10H2,1H3,(H,20,26)(H,23,25). The maximum Gasteiger partial charge on any atom is 0.273 e. The molecule has 3 aromatic rings. The lowest BCUT2D eigenvalue weighted by Gasteiger charge is -2.11. The van der Waals surface area contributed by atoms with Crippen LogP contribution < -0.4 is 27.3 Å². The number of rotatable bonds is 5. The fourth-order valence-electron chi connectivity index (χ4n) is 3.37. The lowest BCUT2D eigenvalue weighted by atomic mass is 10.1. The first-order valence-electron chi connectivity index (χ1n) is 9.10. The highest BCUT2D eigenvalue weighted by Crippen LogP contribution is 2.23. The second-order valence-corrected chi connectivity index (χ2v) is 6.81. The number of hydrogen-bond donors (Lipinski definition) is 4. The molecule has 0 bridgehead atoms. The van der Waals surface area contributed by atoms with E-state index in [1.807, 2.05) is 19.1 Å². The number of carbonyl (C=O) groups is 1. The van der Waals surface area contributed by atoms with Gasteiger partial charge in [0.15, 0.2) is 0 Å². The van der Waals surface area contributed by atoms with Crippen molar-refractivity contribution in [3.63, 3.8) is 0 Å². The third-order valence-corrected chi connectivity index (χ3v) is 4.84. The van der Waals surface area contributed by atoms with Gasteiger partial charge in [-0.1, -0.05) is 12.1 Å². The van der Waals surface area contributed by atoms with Crippen LogP contribution in [0, 0.1) is 6.92 Å². The molecule has 0 radical (unpaired) electrons. The molecule has 1 saturated heterocycles. The number of carbonyl (C=O) groups excluding carboxylic acids is 1. The van der Waals surface area contributed by atoms with Gasteiger partial charge in [0.05, 0.1) is 23.4 Å². The Morgan fingerprint density at radius 1 is 1.18 bits per heavy atom. The molecule has 0 spiro atoms. The van der Waals surface area contributed by atoms with E-state index < -0.39 is 6.04 Å². The van der Waals surface area contributed by atoms with Crippen LogP contribution in [0.3, 0.4) is 0 Å². The van der Waals surface area contributed by atoms with Crippen molar-refractivity contribution in [3.05, 3.63) is 68.6 Å². The van der Waals surface area contributed by atoms with Crippen molar-refractivity contribution >= 4 is 16.7 Å². The fourth-order valence-corrected chi connectivity index (χ4v) is 3.37. The first-order valence-corrected chi connectivity index (χ1v) is 9.10. The lowest BCUT2D eigenvalue weighted by Crippen LogP contribution is -2.44. The largest absolute Gasteiger partial charge is 0.465 e. The van der Waals surface area contributed by atoms with Crippen LogP contribution in [0.5, 0.6) is 0 Å². The average molecular weight is 383 g/mol. The number of aromatic nitrogens is 2. The molecule has 0 aliphatic carbocycles. The molecule has 0 saturated carbocycles. The zero-order chi connectivity index (χ0) is 19.7. The normalized spacial score (nSPS) is 19.2. The number of aryl methyl sites for hydroxylation is 1. The number of hydrogen-bond acceptors (Lipinski definition) is 6. The van der Waals surface area contributed by atoms with E-state index in [0.717, 1.165) is 11.5 Å². The van der Waals surface area contributed by atoms with Crippen LogP contribution in [0.4, 0.5) is 0 Å². The minimum atomic E-state index is -0.414. The number of nitrogens with zero attached hydrogens (tertiary/aromatic N) is 1. The summed E-state index contributed by atoms with van der Waals surface area (Å²) in [6.45, 7) is 2.26. The zero-order valence-electron chi connectivity index (χ0n) is 15.3. The van der Waals surface area contributed by atoms with Crippen LogP contribution >= 0.6 is 0 Å². The Morgan fingerprint density at radius 2 is 1.96 bits per heavy atom. The van der Waals surface area contributed by atoms with Gasteiger partial charge in [0.25, 0.3) is 11.1 Å². The minimum Gasteiger partial charge on any atom is -0.465 e. The van der Waals surface area contributed by atoms with Crippen LogP contribution in [-0.2, 0) is 11.3 Å². The number of H-pyrrole nitrogens is 1. The Hall–Kier alpha value is -3.17. The van der Waals surface area contributed by atoms with Gasteiger partial charge in [0, 0.05) is 6.54 Å². The summed E-state index contributed by atoms with van der Waals surface area (Å²) in [7, 11) is 0. The first-order chi connectivity index (χ1) is 13.5. The van der Waals surface area contributed by atoms with Crippen molar-refractivity contribution in [3.8, 4) is 0 Å². The molecule has 1 aliphatic rings. The molecule has 1 fully saturated rings. The summed E-state index contributed by atoms with van der Waals surface area (Å²) < 4.78 is 6.81. The quantitative estimate of drug-likeness (QED) is 0.503. The topological polar surface area (TPSA) is 121 Å². The molecule has 2 unspecified atom stereocenters. The van der Waals surface area contributed by atoms with Gasteiger partial charge in [-0.25, -0.2) is 15.5 Å². The predicted molar refractivity (Wildman–Crippen MR) is 103 cm³/mol. The number of fused-ring (bicyclic) bond motifs is 1. The molecular weight excluding hydrogens is 362 g/mol. The van der Waals surface area contributed by atoms with Gasteiger partial charge in [-0.05, 0) is 37.6 Å². The summed E-state index contributed by atoms with van der Waals surface area (Å²) in [6, 6.07) is 9.92. The summed E-state index contributed by atoms with van der Waals surface area (Å²) in [5.74, 6) is 1.41. The average Bonchev–Trinajstić information content (AvgIpc) is 3.34. The molecule has 3 heterocycles. The van der Waals surface area contributed by atoms with Crippen molar-refractivity contribution < 1.29 is 9.21 Å². The van der Waals surface area contributed by atoms with Crippen molar-refractivity contribution in [1.82, 2.24) is 25.9 Å². The van der Waals surface area contributed by atoms with E-state index in [2.05, 4.69) is 21.3 Å². The third kappa shape index (κ3) is 3.49. The van der Waals surface area contributed by atoms with E-state index in [1.165, 1.54) is 4.68 Å². The lowest BCUT2D eigenvalue weighted by molar-refractivity contribution is -0.122. The SMILES string of the molecule is Cc1ccc(C2CC(C(=O)NCCn3[nH]c(=O)c4ccccc4c3=O)NN2)o1. The van der Waals surface area contributed by atoms with E-state index in [1.54, 1.807) is 24.3 Å². The molecule has 1 aromatic carbocycles. The smallest absolute Gasteiger partial charge is 0.273 e. The van der Waals surface area contributed by atoms with Gasteiger partial charge in [-0.3, -0.25) is 19.5 Å². The van der Waals surface area contributed by atoms with Crippen molar-refractivity contribution in [2.45, 2.75) is 32.0 Å². The van der Waals surface area contributed by atoms with Crippen molar-refractivity contribution in [1.29, 1.82) is 0 Å². The zero-order valence-corrected chi connectivity index (χ0v) is 15.3. The van der Waals surface area contributed by atoms with Crippen LogP contribution in [0.25, 0.3) is 10.8 Å². The second kappa shape index (κ2) is 7.45.